The minimum absolute atomic E-state index is 0.0979. The van der Waals surface area contributed by atoms with Gasteiger partial charge in [-0.1, -0.05) is 41.4 Å². The Labute approximate surface area is 176 Å². The number of nitrogen functional groups attached to an aromatic ring is 1. The molecule has 0 aliphatic carbocycles. The molecule has 0 radical (unpaired) electrons. The second-order valence-electron chi connectivity index (χ2n) is 6.36. The van der Waals surface area contributed by atoms with Crippen LogP contribution < -0.4 is 11.1 Å². The number of pyridine rings is 1. The van der Waals surface area contributed by atoms with Crippen molar-refractivity contribution in [3.8, 4) is 0 Å². The van der Waals surface area contributed by atoms with Crippen LogP contribution in [0.1, 0.15) is 26.4 Å². The van der Waals surface area contributed by atoms with Crippen molar-refractivity contribution in [1.29, 1.82) is 0 Å². The molecular weight excluding hydrogens is 409 g/mol. The molecule has 1 amide bonds. The first-order valence-electron chi connectivity index (χ1n) is 8.72. The van der Waals surface area contributed by atoms with E-state index in [0.717, 1.165) is 0 Å². The van der Waals surface area contributed by atoms with Crippen molar-refractivity contribution < 1.29 is 9.59 Å². The molecule has 5 nitrogen and oxygen atoms in total. The quantitative estimate of drug-likeness (QED) is 0.436. The fourth-order valence-electron chi connectivity index (χ4n) is 3.18. The second-order valence-corrected chi connectivity index (χ2v) is 7.21. The molecule has 2 aromatic heterocycles. The fourth-order valence-corrected chi connectivity index (χ4v) is 3.49. The number of carbonyl (C=O) groups is 2. The third-order valence-corrected chi connectivity index (χ3v) is 5.13. The van der Waals surface area contributed by atoms with E-state index < -0.39 is 5.91 Å². The molecule has 2 aromatic carbocycles. The number of hydrogen-bond donors (Lipinski definition) is 2. The summed E-state index contributed by atoms with van der Waals surface area (Å²) in [6, 6.07) is 18.7. The lowest BCUT2D eigenvalue weighted by Crippen LogP contribution is -2.14. The largest absolute Gasteiger partial charge is 0.396 e. The fraction of sp³-hybridized carbons (Fsp3) is 0. The van der Waals surface area contributed by atoms with Crippen LogP contribution in [-0.2, 0) is 0 Å². The number of anilines is 2. The number of carbonyl (C=O) groups excluding carboxylic acids is 2. The zero-order chi connectivity index (χ0) is 20.5. The standard InChI is InChI=1S/C22H15Cl2N3O2/c23-14-10-8-13(9-11-14)21(28)20-19(25)18(17-7-3-4-12-27(17)20)22(29)26-16-6-2-1-5-15(16)24/h1-12H,25H2,(H,26,29). The third kappa shape index (κ3) is 3.46. The molecule has 3 N–H and O–H groups in total. The Morgan fingerprint density at radius 1 is 0.897 bits per heavy atom. The van der Waals surface area contributed by atoms with Gasteiger partial charge in [-0.25, -0.2) is 0 Å². The van der Waals surface area contributed by atoms with Crippen molar-refractivity contribution in [2.75, 3.05) is 11.1 Å². The number of fused-ring (bicyclic) bond motifs is 1. The van der Waals surface area contributed by atoms with E-state index in [2.05, 4.69) is 5.32 Å². The van der Waals surface area contributed by atoms with Crippen LogP contribution in [0.25, 0.3) is 5.52 Å². The monoisotopic (exact) mass is 423 g/mol. The molecule has 0 bridgehead atoms. The summed E-state index contributed by atoms with van der Waals surface area (Å²) in [6.07, 6.45) is 1.70. The highest BCUT2D eigenvalue weighted by Crippen LogP contribution is 2.30. The first-order valence-corrected chi connectivity index (χ1v) is 9.47. The zero-order valence-electron chi connectivity index (χ0n) is 15.0. The number of hydrogen-bond acceptors (Lipinski definition) is 3. The molecular formula is C22H15Cl2N3O2. The highest BCUT2D eigenvalue weighted by Gasteiger charge is 2.26. The summed E-state index contributed by atoms with van der Waals surface area (Å²) < 4.78 is 1.62. The van der Waals surface area contributed by atoms with E-state index in [4.69, 9.17) is 28.9 Å². The van der Waals surface area contributed by atoms with Gasteiger partial charge in [0.2, 0.25) is 5.78 Å². The molecule has 4 aromatic rings. The third-order valence-electron chi connectivity index (χ3n) is 4.55. The van der Waals surface area contributed by atoms with Gasteiger partial charge in [-0.2, -0.15) is 0 Å². The lowest BCUT2D eigenvalue weighted by Gasteiger charge is -2.07. The maximum absolute atomic E-state index is 13.1. The van der Waals surface area contributed by atoms with Crippen LogP contribution in [0.15, 0.2) is 72.9 Å². The van der Waals surface area contributed by atoms with Crippen LogP contribution >= 0.6 is 23.2 Å². The van der Waals surface area contributed by atoms with Gasteiger partial charge in [0.05, 0.1) is 27.5 Å². The van der Waals surface area contributed by atoms with E-state index in [1.165, 1.54) is 0 Å². The number of benzene rings is 2. The maximum Gasteiger partial charge on any atom is 0.260 e. The summed E-state index contributed by atoms with van der Waals surface area (Å²) in [5.41, 5.74) is 8.24. The predicted molar refractivity (Wildman–Crippen MR) is 116 cm³/mol. The maximum atomic E-state index is 13.1. The number of nitrogens with one attached hydrogen (secondary N) is 1. The van der Waals surface area contributed by atoms with Gasteiger partial charge in [-0.05, 0) is 48.5 Å². The first-order chi connectivity index (χ1) is 14.0. The van der Waals surface area contributed by atoms with Gasteiger partial charge in [0, 0.05) is 16.8 Å². The Bertz CT molecular complexity index is 1250. The molecule has 0 spiro atoms. The Balaban J connectivity index is 1.83. The predicted octanol–water partition coefficient (Wildman–Crippen LogP) is 5.31. The lowest BCUT2D eigenvalue weighted by molar-refractivity contribution is 0.102. The molecule has 29 heavy (non-hydrogen) atoms. The zero-order valence-corrected chi connectivity index (χ0v) is 16.5. The number of amides is 1. The molecule has 0 fully saturated rings. The molecule has 0 unspecified atom stereocenters. The van der Waals surface area contributed by atoms with E-state index >= 15 is 0 Å². The molecule has 0 saturated carbocycles. The molecule has 0 atom stereocenters. The Morgan fingerprint density at radius 2 is 1.59 bits per heavy atom. The van der Waals surface area contributed by atoms with Crippen LogP contribution in [-0.4, -0.2) is 16.1 Å². The molecule has 144 valence electrons. The normalized spacial score (nSPS) is 10.8. The van der Waals surface area contributed by atoms with Crippen molar-refractivity contribution in [3.63, 3.8) is 0 Å². The van der Waals surface area contributed by atoms with Crippen molar-refractivity contribution in [3.05, 3.63) is 99.8 Å². The van der Waals surface area contributed by atoms with E-state index in [1.54, 1.807) is 77.3 Å². The molecule has 7 heteroatoms. The van der Waals surface area contributed by atoms with Crippen molar-refractivity contribution >= 4 is 51.8 Å². The Kier molecular flexibility index (Phi) is 5.01. The van der Waals surface area contributed by atoms with Gasteiger partial charge in [-0.3, -0.25) is 9.59 Å². The summed E-state index contributed by atoms with van der Waals surface area (Å²) >= 11 is 12.1. The second kappa shape index (κ2) is 7.62. The SMILES string of the molecule is Nc1c(C(=O)Nc2ccccc2Cl)c2ccccn2c1C(=O)c1ccc(Cl)cc1. The molecule has 2 heterocycles. The number of nitrogens with zero attached hydrogens (tertiary/aromatic N) is 1. The summed E-state index contributed by atoms with van der Waals surface area (Å²) in [5, 5.41) is 3.69. The minimum Gasteiger partial charge on any atom is -0.396 e. The number of ketones is 1. The smallest absolute Gasteiger partial charge is 0.260 e. The van der Waals surface area contributed by atoms with E-state index in [-0.39, 0.29) is 22.7 Å². The average Bonchev–Trinajstić information content (AvgIpc) is 3.01. The van der Waals surface area contributed by atoms with Crippen LogP contribution in [0.5, 0.6) is 0 Å². The average molecular weight is 424 g/mol. The Morgan fingerprint density at radius 3 is 2.31 bits per heavy atom. The van der Waals surface area contributed by atoms with E-state index in [0.29, 0.717) is 26.8 Å². The summed E-state index contributed by atoms with van der Waals surface area (Å²) in [5.74, 6) is -0.758. The van der Waals surface area contributed by atoms with E-state index in [1.807, 2.05) is 0 Å². The van der Waals surface area contributed by atoms with E-state index in [9.17, 15) is 9.59 Å². The Hall–Kier alpha value is -3.28. The number of halogens is 2. The number of aromatic nitrogens is 1. The number of para-hydroxylation sites is 1. The summed E-state index contributed by atoms with van der Waals surface area (Å²) in [4.78, 5) is 26.2. The highest BCUT2D eigenvalue weighted by atomic mass is 35.5. The van der Waals surface area contributed by atoms with Gasteiger partial charge < -0.3 is 15.5 Å². The number of rotatable bonds is 4. The summed E-state index contributed by atoms with van der Waals surface area (Å²) in [7, 11) is 0. The van der Waals surface area contributed by atoms with Crippen molar-refractivity contribution in [2.45, 2.75) is 0 Å². The van der Waals surface area contributed by atoms with Gasteiger partial charge >= 0.3 is 0 Å². The molecule has 0 saturated heterocycles. The van der Waals surface area contributed by atoms with Gasteiger partial charge in [-0.15, -0.1) is 0 Å². The first kappa shape index (κ1) is 19.1. The molecule has 0 aliphatic rings. The molecule has 0 aliphatic heterocycles. The minimum atomic E-state index is -0.450. The van der Waals surface area contributed by atoms with Gasteiger partial charge in [0.1, 0.15) is 5.69 Å². The van der Waals surface area contributed by atoms with Crippen molar-refractivity contribution in [1.82, 2.24) is 4.40 Å². The van der Waals surface area contributed by atoms with Crippen LogP contribution in [0, 0.1) is 0 Å². The summed E-state index contributed by atoms with van der Waals surface area (Å²) in [6.45, 7) is 0. The highest BCUT2D eigenvalue weighted by molar-refractivity contribution is 6.34. The topological polar surface area (TPSA) is 76.6 Å². The van der Waals surface area contributed by atoms with Gasteiger partial charge in [0.25, 0.3) is 5.91 Å². The lowest BCUT2D eigenvalue weighted by atomic mass is 10.1. The van der Waals surface area contributed by atoms with Crippen molar-refractivity contribution in [2.24, 2.45) is 0 Å². The van der Waals surface area contributed by atoms with Crippen LogP contribution in [0.2, 0.25) is 10.0 Å². The number of nitrogens with two attached hydrogens (primary N) is 1. The van der Waals surface area contributed by atoms with Crippen LogP contribution in [0.3, 0.4) is 0 Å². The van der Waals surface area contributed by atoms with Gasteiger partial charge in [0.15, 0.2) is 0 Å². The molecule has 4 rings (SSSR count). The van der Waals surface area contributed by atoms with Crippen LogP contribution in [0.4, 0.5) is 11.4 Å².